The lowest BCUT2D eigenvalue weighted by Gasteiger charge is -2.22. The molecular weight excluding hydrogens is 404 g/mol. The summed E-state index contributed by atoms with van der Waals surface area (Å²) in [6.07, 6.45) is 5.06. The van der Waals surface area contributed by atoms with Gasteiger partial charge in [0, 0.05) is 22.2 Å². The highest BCUT2D eigenvalue weighted by atomic mass is 35.5. The number of unbranched alkanes of at least 4 members (excludes halogenated alkanes) is 4. The molecule has 166 valence electrons. The molecule has 0 saturated heterocycles. The van der Waals surface area contributed by atoms with Crippen LogP contribution in [0.25, 0.3) is 10.8 Å². The zero-order chi connectivity index (χ0) is 22.3. The van der Waals surface area contributed by atoms with Crippen LogP contribution in [0.3, 0.4) is 0 Å². The van der Waals surface area contributed by atoms with Crippen molar-refractivity contribution in [3.05, 3.63) is 23.2 Å². The van der Waals surface area contributed by atoms with Gasteiger partial charge in [-0.15, -0.1) is 0 Å². The molecule has 2 aromatic carbocycles. The molecule has 5 nitrogen and oxygen atoms in total. The molecule has 0 aliphatic rings. The van der Waals surface area contributed by atoms with Crippen LogP contribution in [0.5, 0.6) is 23.0 Å². The number of fused-ring (bicyclic) bond motifs is 1. The molecule has 0 fully saturated rings. The Balaban J connectivity index is 2.48. The minimum absolute atomic E-state index is 0.0645. The van der Waals surface area contributed by atoms with Crippen LogP contribution in [-0.4, -0.2) is 23.3 Å². The van der Waals surface area contributed by atoms with Gasteiger partial charge in [0.25, 0.3) is 0 Å². The largest absolute Gasteiger partial charge is 0.504 e. The van der Waals surface area contributed by atoms with Crippen LogP contribution in [0.1, 0.15) is 73.1 Å². The van der Waals surface area contributed by atoms with Crippen LogP contribution in [0.2, 0.25) is 5.02 Å². The molecule has 0 atom stereocenters. The summed E-state index contributed by atoms with van der Waals surface area (Å²) < 4.78 is 17.6. The van der Waals surface area contributed by atoms with Gasteiger partial charge in [0.05, 0.1) is 12.2 Å². The van der Waals surface area contributed by atoms with Crippen molar-refractivity contribution in [1.29, 1.82) is 0 Å². The van der Waals surface area contributed by atoms with Crippen LogP contribution in [0, 0.1) is 0 Å². The Bertz CT molecular complexity index is 861. The summed E-state index contributed by atoms with van der Waals surface area (Å²) in [4.78, 5) is 12.6. The molecule has 2 aromatic rings. The van der Waals surface area contributed by atoms with Gasteiger partial charge in [-0.05, 0) is 52.3 Å². The third-order valence-corrected chi connectivity index (χ3v) is 4.75. The Morgan fingerprint density at radius 1 is 0.933 bits per heavy atom. The zero-order valence-corrected chi connectivity index (χ0v) is 19.3. The van der Waals surface area contributed by atoms with E-state index in [0.29, 0.717) is 22.2 Å². The SMILES string of the molecule is CCCCCCCC(=O)Oc1c(OC(C)C)c(OC(C)C)c(O)c2ccc(Cl)cc12. The summed E-state index contributed by atoms with van der Waals surface area (Å²) in [6, 6.07) is 5.01. The number of phenolic OH excluding ortho intramolecular Hbond substituents is 1. The molecule has 1 N–H and O–H groups in total. The Morgan fingerprint density at radius 3 is 2.20 bits per heavy atom. The van der Waals surface area contributed by atoms with E-state index in [4.69, 9.17) is 25.8 Å². The van der Waals surface area contributed by atoms with Crippen LogP contribution in [0.15, 0.2) is 18.2 Å². The number of phenols is 1. The van der Waals surface area contributed by atoms with Gasteiger partial charge in [-0.2, -0.15) is 0 Å². The smallest absolute Gasteiger partial charge is 0.311 e. The molecule has 0 saturated carbocycles. The van der Waals surface area contributed by atoms with Crippen LogP contribution < -0.4 is 14.2 Å². The summed E-state index contributed by atoms with van der Waals surface area (Å²) in [6.45, 7) is 9.58. The van der Waals surface area contributed by atoms with Gasteiger partial charge >= 0.3 is 5.97 Å². The Morgan fingerprint density at radius 2 is 1.57 bits per heavy atom. The summed E-state index contributed by atoms with van der Waals surface area (Å²) in [7, 11) is 0. The molecule has 0 unspecified atom stereocenters. The average molecular weight is 437 g/mol. The van der Waals surface area contributed by atoms with Gasteiger partial charge in [-0.1, -0.05) is 44.2 Å². The fourth-order valence-electron chi connectivity index (χ4n) is 3.19. The summed E-state index contributed by atoms with van der Waals surface area (Å²) >= 11 is 6.20. The number of hydrogen-bond donors (Lipinski definition) is 1. The molecule has 0 radical (unpaired) electrons. The summed E-state index contributed by atoms with van der Waals surface area (Å²) in [5.74, 6) is 0.200. The van der Waals surface area contributed by atoms with Gasteiger partial charge in [0.1, 0.15) is 0 Å². The number of esters is 1. The second kappa shape index (κ2) is 11.3. The maximum absolute atomic E-state index is 12.6. The number of carbonyl (C=O) groups is 1. The molecule has 2 rings (SSSR count). The quantitative estimate of drug-likeness (QED) is 0.232. The highest BCUT2D eigenvalue weighted by molar-refractivity contribution is 6.31. The number of ether oxygens (including phenoxy) is 3. The van der Waals surface area contributed by atoms with Crippen molar-refractivity contribution in [3.63, 3.8) is 0 Å². The first-order valence-corrected chi connectivity index (χ1v) is 11.1. The van der Waals surface area contributed by atoms with Crippen LogP contribution in [0.4, 0.5) is 0 Å². The highest BCUT2D eigenvalue weighted by Crippen LogP contribution is 2.52. The highest BCUT2D eigenvalue weighted by Gasteiger charge is 2.26. The first-order valence-electron chi connectivity index (χ1n) is 10.8. The lowest BCUT2D eigenvalue weighted by atomic mass is 10.1. The standard InChI is InChI=1S/C24H33ClO5/c1-6-7-8-9-10-11-20(26)30-22-19-14-17(25)12-13-18(19)21(27)23(28-15(2)3)24(22)29-16(4)5/h12-16,27H,6-11H2,1-5H3. The van der Waals surface area contributed by atoms with Crippen molar-refractivity contribution in [1.82, 2.24) is 0 Å². The monoisotopic (exact) mass is 436 g/mol. The van der Waals surface area contributed by atoms with Crippen molar-refractivity contribution >= 4 is 28.3 Å². The number of rotatable bonds is 11. The minimum atomic E-state index is -0.345. The predicted octanol–water partition coefficient (Wildman–Crippen LogP) is 7.04. The van der Waals surface area contributed by atoms with Gasteiger partial charge in [-0.25, -0.2) is 0 Å². The van der Waals surface area contributed by atoms with E-state index in [-0.39, 0.29) is 41.2 Å². The van der Waals surface area contributed by atoms with Crippen molar-refractivity contribution in [2.75, 3.05) is 0 Å². The van der Waals surface area contributed by atoms with Crippen molar-refractivity contribution in [2.24, 2.45) is 0 Å². The maximum Gasteiger partial charge on any atom is 0.311 e. The maximum atomic E-state index is 12.6. The molecule has 0 aliphatic carbocycles. The van der Waals surface area contributed by atoms with Gasteiger partial charge in [-0.3, -0.25) is 4.79 Å². The molecule has 0 amide bonds. The van der Waals surface area contributed by atoms with Gasteiger partial charge < -0.3 is 19.3 Å². The fraction of sp³-hybridized carbons (Fsp3) is 0.542. The van der Waals surface area contributed by atoms with Crippen LogP contribution in [-0.2, 0) is 4.79 Å². The molecule has 30 heavy (non-hydrogen) atoms. The lowest BCUT2D eigenvalue weighted by Crippen LogP contribution is -2.14. The van der Waals surface area contributed by atoms with Gasteiger partial charge in [0.2, 0.25) is 11.5 Å². The second-order valence-corrected chi connectivity index (χ2v) is 8.43. The van der Waals surface area contributed by atoms with E-state index in [1.807, 2.05) is 27.7 Å². The third-order valence-electron chi connectivity index (χ3n) is 4.52. The number of aromatic hydroxyl groups is 1. The van der Waals surface area contributed by atoms with Crippen molar-refractivity contribution in [3.8, 4) is 23.0 Å². The zero-order valence-electron chi connectivity index (χ0n) is 18.6. The second-order valence-electron chi connectivity index (χ2n) is 8.00. The molecular formula is C24H33ClO5. The first-order chi connectivity index (χ1) is 14.2. The topological polar surface area (TPSA) is 65.0 Å². The lowest BCUT2D eigenvalue weighted by molar-refractivity contribution is -0.134. The van der Waals surface area contributed by atoms with E-state index in [9.17, 15) is 9.90 Å². The molecule has 0 aliphatic heterocycles. The third kappa shape index (κ3) is 6.43. The molecule has 0 spiro atoms. The fourth-order valence-corrected chi connectivity index (χ4v) is 3.37. The summed E-state index contributed by atoms with van der Waals surface area (Å²) in [5, 5.41) is 12.3. The van der Waals surface area contributed by atoms with E-state index < -0.39 is 0 Å². The first kappa shape index (κ1) is 24.1. The Hall–Kier alpha value is -2.14. The molecule has 0 bridgehead atoms. The number of hydrogen-bond acceptors (Lipinski definition) is 5. The average Bonchev–Trinajstić information content (AvgIpc) is 2.67. The van der Waals surface area contributed by atoms with Crippen molar-refractivity contribution < 1.29 is 24.1 Å². The number of carbonyl (C=O) groups excluding carboxylic acids is 1. The van der Waals surface area contributed by atoms with E-state index >= 15 is 0 Å². The van der Waals surface area contributed by atoms with Crippen molar-refractivity contribution in [2.45, 2.75) is 85.4 Å². The van der Waals surface area contributed by atoms with Crippen LogP contribution >= 0.6 is 11.6 Å². The van der Waals surface area contributed by atoms with E-state index in [2.05, 4.69) is 6.92 Å². The molecule has 6 heteroatoms. The molecule has 0 heterocycles. The summed E-state index contributed by atoms with van der Waals surface area (Å²) in [5.41, 5.74) is 0. The minimum Gasteiger partial charge on any atom is -0.504 e. The van der Waals surface area contributed by atoms with E-state index in [1.54, 1.807) is 18.2 Å². The Kier molecular flexibility index (Phi) is 9.09. The normalized spacial score (nSPS) is 11.3. The number of benzene rings is 2. The molecule has 0 aromatic heterocycles. The van der Waals surface area contributed by atoms with E-state index in [1.165, 1.54) is 6.42 Å². The Labute approximate surface area is 184 Å². The van der Waals surface area contributed by atoms with Gasteiger partial charge in [0.15, 0.2) is 11.5 Å². The van der Waals surface area contributed by atoms with E-state index in [0.717, 1.165) is 25.7 Å². The number of halogens is 1. The predicted molar refractivity (Wildman–Crippen MR) is 121 cm³/mol.